The summed E-state index contributed by atoms with van der Waals surface area (Å²) in [4.78, 5) is 14.9. The van der Waals surface area contributed by atoms with E-state index in [0.29, 0.717) is 12.1 Å². The van der Waals surface area contributed by atoms with Gasteiger partial charge in [0.05, 0.1) is 19.8 Å². The van der Waals surface area contributed by atoms with Crippen LogP contribution in [0.25, 0.3) is 0 Å². The molecule has 0 spiro atoms. The number of hydrogen-bond donors (Lipinski definition) is 0. The highest BCUT2D eigenvalue weighted by atomic mass is 79.9. The van der Waals surface area contributed by atoms with Crippen LogP contribution in [-0.4, -0.2) is 37.3 Å². The van der Waals surface area contributed by atoms with Crippen molar-refractivity contribution in [3.05, 3.63) is 58.1 Å². The van der Waals surface area contributed by atoms with Gasteiger partial charge >= 0.3 is 0 Å². The molecule has 0 aromatic heterocycles. The van der Waals surface area contributed by atoms with Crippen molar-refractivity contribution in [2.75, 3.05) is 26.5 Å². The molecule has 1 aliphatic rings. The van der Waals surface area contributed by atoms with Crippen molar-refractivity contribution in [1.29, 1.82) is 0 Å². The Labute approximate surface area is 154 Å². The first kappa shape index (κ1) is 17.2. The fourth-order valence-electron chi connectivity index (χ4n) is 2.76. The molecule has 0 unspecified atom stereocenters. The van der Waals surface area contributed by atoms with Crippen LogP contribution in [0.5, 0.6) is 11.5 Å². The van der Waals surface area contributed by atoms with Crippen LogP contribution in [-0.2, 0) is 0 Å². The molecule has 24 heavy (non-hydrogen) atoms. The number of hydrogen-bond acceptors (Lipinski definition) is 4. The molecule has 0 aliphatic carbocycles. The van der Waals surface area contributed by atoms with E-state index < -0.39 is 0 Å². The molecular formula is C18H18BrNO3S. The van der Waals surface area contributed by atoms with E-state index in [1.54, 1.807) is 26.0 Å². The third-order valence-corrected chi connectivity index (χ3v) is 5.89. The first-order valence-electron chi connectivity index (χ1n) is 7.54. The minimum Gasteiger partial charge on any atom is -0.497 e. The summed E-state index contributed by atoms with van der Waals surface area (Å²) in [5, 5.41) is -0.0883. The Morgan fingerprint density at radius 2 is 2.00 bits per heavy atom. The first-order valence-corrected chi connectivity index (χ1v) is 9.39. The minimum atomic E-state index is -0.0883. The van der Waals surface area contributed by atoms with E-state index >= 15 is 0 Å². The van der Waals surface area contributed by atoms with Crippen LogP contribution in [0, 0.1) is 0 Å². The molecule has 0 bridgehead atoms. The fraction of sp³-hybridized carbons (Fsp3) is 0.278. The lowest BCUT2D eigenvalue weighted by molar-refractivity contribution is 0.0758. The number of halogens is 1. The molecule has 1 saturated heterocycles. The second-order valence-corrected chi connectivity index (χ2v) is 7.35. The van der Waals surface area contributed by atoms with Crippen molar-refractivity contribution < 1.29 is 14.3 Å². The molecule has 0 saturated carbocycles. The molecule has 2 aromatic carbocycles. The molecule has 1 heterocycles. The zero-order valence-corrected chi connectivity index (χ0v) is 15.9. The van der Waals surface area contributed by atoms with E-state index in [1.807, 2.05) is 47.4 Å². The summed E-state index contributed by atoms with van der Waals surface area (Å²) >= 11 is 5.21. The molecule has 126 valence electrons. The van der Waals surface area contributed by atoms with Gasteiger partial charge in [0.1, 0.15) is 16.9 Å². The summed E-state index contributed by atoms with van der Waals surface area (Å²) in [6.07, 6.45) is 0. The largest absolute Gasteiger partial charge is 0.497 e. The van der Waals surface area contributed by atoms with Crippen LogP contribution in [0.3, 0.4) is 0 Å². The fourth-order valence-corrected chi connectivity index (χ4v) is 4.48. The monoisotopic (exact) mass is 407 g/mol. The van der Waals surface area contributed by atoms with Gasteiger partial charge < -0.3 is 14.4 Å². The van der Waals surface area contributed by atoms with Gasteiger partial charge in [0.2, 0.25) is 0 Å². The van der Waals surface area contributed by atoms with Crippen LogP contribution < -0.4 is 9.47 Å². The number of benzene rings is 2. The molecule has 0 radical (unpaired) electrons. The molecule has 0 N–H and O–H groups in total. The highest BCUT2D eigenvalue weighted by Gasteiger charge is 2.34. The number of ether oxygens (including phenoxy) is 2. The van der Waals surface area contributed by atoms with Crippen molar-refractivity contribution in [3.63, 3.8) is 0 Å². The quantitative estimate of drug-likeness (QED) is 0.754. The Morgan fingerprint density at radius 3 is 2.71 bits per heavy atom. The summed E-state index contributed by atoms with van der Waals surface area (Å²) in [6, 6.07) is 13.2. The highest BCUT2D eigenvalue weighted by Crippen LogP contribution is 2.44. The average Bonchev–Trinajstić information content (AvgIpc) is 3.10. The van der Waals surface area contributed by atoms with Gasteiger partial charge in [-0.05, 0) is 46.3 Å². The maximum Gasteiger partial charge on any atom is 0.256 e. The lowest BCUT2D eigenvalue weighted by atomic mass is 10.1. The van der Waals surface area contributed by atoms with Crippen molar-refractivity contribution >= 4 is 33.6 Å². The van der Waals surface area contributed by atoms with Gasteiger partial charge in [0, 0.05) is 22.3 Å². The molecule has 3 rings (SSSR count). The number of rotatable bonds is 4. The minimum absolute atomic E-state index is 0.0161. The van der Waals surface area contributed by atoms with Gasteiger partial charge in [-0.25, -0.2) is 0 Å². The molecule has 1 amide bonds. The van der Waals surface area contributed by atoms with Crippen LogP contribution in [0.2, 0.25) is 0 Å². The Kier molecular flexibility index (Phi) is 5.36. The van der Waals surface area contributed by atoms with E-state index in [0.717, 1.165) is 27.3 Å². The van der Waals surface area contributed by atoms with E-state index in [1.165, 1.54) is 0 Å². The SMILES string of the molecule is COc1ccc(OC)c([C@@H]2SCCN2C(=O)c2ccccc2Br)c1. The lowest BCUT2D eigenvalue weighted by Gasteiger charge is -2.26. The normalized spacial score (nSPS) is 17.0. The standard InChI is InChI=1S/C18H18BrNO3S/c1-22-12-7-8-16(23-2)14(11-12)18-20(9-10-24-18)17(21)13-5-3-4-6-15(13)19/h3-8,11,18H,9-10H2,1-2H3/t18-/m0/s1. The maximum atomic E-state index is 13.0. The van der Waals surface area contributed by atoms with Crippen molar-refractivity contribution in [3.8, 4) is 11.5 Å². The van der Waals surface area contributed by atoms with Gasteiger partial charge in [-0.1, -0.05) is 12.1 Å². The number of nitrogens with zero attached hydrogens (tertiary/aromatic N) is 1. The third-order valence-electron chi connectivity index (χ3n) is 3.96. The molecule has 2 aromatic rings. The number of thioether (sulfide) groups is 1. The Bertz CT molecular complexity index is 753. The lowest BCUT2D eigenvalue weighted by Crippen LogP contribution is -2.30. The van der Waals surface area contributed by atoms with E-state index in [9.17, 15) is 4.79 Å². The van der Waals surface area contributed by atoms with Crippen LogP contribution in [0.4, 0.5) is 0 Å². The summed E-state index contributed by atoms with van der Waals surface area (Å²) < 4.78 is 11.6. The van der Waals surface area contributed by atoms with Gasteiger partial charge in [-0.2, -0.15) is 0 Å². The van der Waals surface area contributed by atoms with Gasteiger partial charge in [-0.3, -0.25) is 4.79 Å². The molecule has 1 fully saturated rings. The number of amides is 1. The summed E-state index contributed by atoms with van der Waals surface area (Å²) in [7, 11) is 3.28. The Balaban J connectivity index is 1.97. The molecular weight excluding hydrogens is 390 g/mol. The van der Waals surface area contributed by atoms with Gasteiger partial charge in [0.15, 0.2) is 0 Å². The Morgan fingerprint density at radius 1 is 1.21 bits per heavy atom. The second-order valence-electron chi connectivity index (χ2n) is 5.31. The zero-order valence-electron chi connectivity index (χ0n) is 13.5. The second kappa shape index (κ2) is 7.49. The number of methoxy groups -OCH3 is 2. The topological polar surface area (TPSA) is 38.8 Å². The van der Waals surface area contributed by atoms with E-state index in [4.69, 9.17) is 9.47 Å². The Hall–Kier alpha value is -1.66. The van der Waals surface area contributed by atoms with Gasteiger partial charge in [0.25, 0.3) is 5.91 Å². The molecule has 1 aliphatic heterocycles. The predicted molar refractivity (Wildman–Crippen MR) is 99.9 cm³/mol. The van der Waals surface area contributed by atoms with E-state index in [2.05, 4.69) is 15.9 Å². The van der Waals surface area contributed by atoms with E-state index in [-0.39, 0.29) is 11.3 Å². The first-order chi connectivity index (χ1) is 11.7. The predicted octanol–water partition coefficient (Wildman–Crippen LogP) is 4.35. The molecule has 1 atom stereocenters. The summed E-state index contributed by atoms with van der Waals surface area (Å²) in [5.41, 5.74) is 1.63. The molecule has 6 heteroatoms. The highest BCUT2D eigenvalue weighted by molar-refractivity contribution is 9.10. The zero-order chi connectivity index (χ0) is 17.1. The van der Waals surface area contributed by atoms with Crippen molar-refractivity contribution in [1.82, 2.24) is 4.90 Å². The van der Waals surface area contributed by atoms with Crippen molar-refractivity contribution in [2.24, 2.45) is 0 Å². The third kappa shape index (κ3) is 3.26. The summed E-state index contributed by atoms with van der Waals surface area (Å²) in [6.45, 7) is 0.704. The van der Waals surface area contributed by atoms with Crippen LogP contribution >= 0.6 is 27.7 Å². The summed E-state index contributed by atoms with van der Waals surface area (Å²) in [5.74, 6) is 2.43. The van der Waals surface area contributed by atoms with Crippen LogP contribution in [0.15, 0.2) is 46.9 Å². The molecule has 4 nitrogen and oxygen atoms in total. The number of carbonyl (C=O) groups excluding carboxylic acids is 1. The van der Waals surface area contributed by atoms with Crippen molar-refractivity contribution in [2.45, 2.75) is 5.37 Å². The maximum absolute atomic E-state index is 13.0. The average molecular weight is 408 g/mol. The van der Waals surface area contributed by atoms with Gasteiger partial charge in [-0.15, -0.1) is 11.8 Å². The number of carbonyl (C=O) groups is 1. The smallest absolute Gasteiger partial charge is 0.256 e. The van der Waals surface area contributed by atoms with Crippen LogP contribution in [0.1, 0.15) is 21.3 Å².